The minimum Gasteiger partial charge on any atom is -0.455 e. The number of rotatable bonds is 10. The lowest BCUT2D eigenvalue weighted by Crippen LogP contribution is -2.61. The molecule has 3 N–H and O–H groups in total. The van der Waals surface area contributed by atoms with E-state index in [-0.39, 0.29) is 18.4 Å². The number of nitrogens with two attached hydrogens (primary N) is 1. The summed E-state index contributed by atoms with van der Waals surface area (Å²) in [5, 5.41) is 12.1. The van der Waals surface area contributed by atoms with Crippen LogP contribution in [-0.2, 0) is 30.3 Å². The van der Waals surface area contributed by atoms with Crippen molar-refractivity contribution < 1.29 is 33.0 Å². The zero-order valence-electron chi connectivity index (χ0n) is 31.1. The van der Waals surface area contributed by atoms with Crippen LogP contribution in [-0.4, -0.2) is 101 Å². The molecule has 0 unspecified atom stereocenters. The van der Waals surface area contributed by atoms with Crippen LogP contribution in [0, 0.1) is 11.8 Å². The molecule has 2 aliphatic heterocycles. The lowest BCUT2D eigenvalue weighted by atomic mass is 9.62. The molecule has 2 aliphatic rings. The Morgan fingerprint density at radius 3 is 2.55 bits per heavy atom. The van der Waals surface area contributed by atoms with E-state index in [1.54, 1.807) is 30.4 Å². The summed E-state index contributed by atoms with van der Waals surface area (Å²) in [4.78, 5) is 42.9. The molecule has 3 heterocycles. The summed E-state index contributed by atoms with van der Waals surface area (Å²) in [5.74, 6) is -4.39. The number of Topliss-reactive ketones (excluding diaryl/α,β-unsaturated/α-hetero) is 1. The van der Waals surface area contributed by atoms with Gasteiger partial charge in [0.1, 0.15) is 11.8 Å². The van der Waals surface area contributed by atoms with E-state index in [0.717, 1.165) is 5.56 Å². The van der Waals surface area contributed by atoms with E-state index >= 15 is 4.39 Å². The Morgan fingerprint density at radius 1 is 1.20 bits per heavy atom. The number of fused-ring (bicyclic) bond motifs is 1. The van der Waals surface area contributed by atoms with E-state index in [9.17, 15) is 14.4 Å². The zero-order chi connectivity index (χ0) is 37.7. The molecule has 1 aromatic heterocycles. The molecule has 1 aromatic carbocycles. The number of hydrogen-bond acceptors (Lipinski definition) is 10. The molecule has 1 amide bonds. The number of allylic oxidation sites excluding steroid dienone is 1. The first-order valence-corrected chi connectivity index (χ1v) is 17.9. The standard InChI is InChI=1S/C37H54BFN6O6/c1-9-16-37(39)32(46)24(4)30(38)35(6,49-8)20-23(3)21-41-25(5)31-36(7,29(10-2)50-33(37)47)51-34(48)45(31)18-12-11-17-44-22-28(42-43-44)26-14-13-15-27(40)19-26/h9,13-15,19,22-25,29-31,41H,1,10-12,16-18,20-21,40H2,2-8H3/t23-,24-,25-,29-,30-,31-,35-,36-,37+/m1/s1. The maximum atomic E-state index is 16.8. The number of ether oxygens (including phenoxy) is 3. The summed E-state index contributed by atoms with van der Waals surface area (Å²) in [7, 11) is 8.12. The van der Waals surface area contributed by atoms with Crippen molar-refractivity contribution in [3.05, 3.63) is 43.1 Å². The second-order valence-corrected chi connectivity index (χ2v) is 14.7. The molecule has 0 bridgehead atoms. The second kappa shape index (κ2) is 16.3. The van der Waals surface area contributed by atoms with Crippen molar-refractivity contribution in [2.24, 2.45) is 11.8 Å². The van der Waals surface area contributed by atoms with Crippen LogP contribution >= 0.6 is 0 Å². The van der Waals surface area contributed by atoms with E-state index in [4.69, 9.17) is 27.8 Å². The Kier molecular flexibility index (Phi) is 12.8. The van der Waals surface area contributed by atoms with E-state index in [1.807, 2.05) is 44.3 Å². The molecule has 0 spiro atoms. The van der Waals surface area contributed by atoms with Crippen LogP contribution in [0.2, 0.25) is 5.82 Å². The predicted octanol–water partition coefficient (Wildman–Crippen LogP) is 5.08. The van der Waals surface area contributed by atoms with E-state index in [0.29, 0.717) is 50.3 Å². The maximum absolute atomic E-state index is 16.8. The monoisotopic (exact) mass is 708 g/mol. The normalized spacial score (nSPS) is 33.9. The number of cyclic esters (lactones) is 1. The Labute approximate surface area is 302 Å². The Morgan fingerprint density at radius 2 is 1.90 bits per heavy atom. The number of carbonyl (C=O) groups is 3. The van der Waals surface area contributed by atoms with Gasteiger partial charge < -0.3 is 25.3 Å². The SMILES string of the molecule is [B][C@@H]1[C@@H](C)C(=O)[C@@](F)(CC=C)C(=O)O[C@H](CC)[C@@]2(C)OC(=O)N(CCCCn3cc(-c4cccc(N)c4)nn3)[C@@H]2[C@@H](C)NC[C@H](C)C[C@@]1(C)OC. The van der Waals surface area contributed by atoms with E-state index < -0.39 is 65.0 Å². The summed E-state index contributed by atoms with van der Waals surface area (Å²) in [6.07, 6.45) is 2.71. The van der Waals surface area contributed by atoms with Gasteiger partial charge in [-0.3, -0.25) is 14.4 Å². The number of unbranched alkanes of at least 4 members (excludes halogenated alkanes) is 1. The molecule has 9 atom stereocenters. The number of benzene rings is 1. The first kappa shape index (κ1) is 40.0. The molecule has 278 valence electrons. The number of alkyl halides is 1. The zero-order valence-corrected chi connectivity index (χ0v) is 31.1. The average Bonchev–Trinajstić information content (AvgIpc) is 3.68. The second-order valence-electron chi connectivity index (χ2n) is 14.7. The number of anilines is 1. The number of ketones is 1. The highest BCUT2D eigenvalue weighted by atomic mass is 19.1. The molecule has 0 aliphatic carbocycles. The predicted molar refractivity (Wildman–Crippen MR) is 194 cm³/mol. The van der Waals surface area contributed by atoms with Gasteiger partial charge >= 0.3 is 12.1 Å². The molecule has 2 radical (unpaired) electrons. The number of hydrogen-bond donors (Lipinski definition) is 2. The van der Waals surface area contributed by atoms with Crippen LogP contribution in [0.1, 0.15) is 73.6 Å². The topological polar surface area (TPSA) is 151 Å². The highest BCUT2D eigenvalue weighted by Crippen LogP contribution is 2.42. The first-order chi connectivity index (χ1) is 24.0. The summed E-state index contributed by atoms with van der Waals surface area (Å²) in [5.41, 5.74) is 2.69. The van der Waals surface area contributed by atoms with Crippen LogP contribution in [0.15, 0.2) is 43.1 Å². The van der Waals surface area contributed by atoms with Gasteiger partial charge in [0, 0.05) is 49.8 Å². The fourth-order valence-electron chi connectivity index (χ4n) is 7.76. The van der Waals surface area contributed by atoms with Gasteiger partial charge in [-0.1, -0.05) is 44.2 Å². The number of carbonyl (C=O) groups excluding carboxylic acids is 3. The minimum absolute atomic E-state index is 0.00308. The molecule has 0 saturated carbocycles. The molecule has 2 saturated heterocycles. The maximum Gasteiger partial charge on any atom is 0.410 e. The van der Waals surface area contributed by atoms with Gasteiger partial charge in [0.25, 0.3) is 5.67 Å². The Balaban J connectivity index is 1.60. The summed E-state index contributed by atoms with van der Waals surface area (Å²) in [6.45, 7) is 15.8. The first-order valence-electron chi connectivity index (χ1n) is 17.9. The smallest absolute Gasteiger partial charge is 0.410 e. The van der Waals surface area contributed by atoms with Crippen molar-refractivity contribution in [1.29, 1.82) is 0 Å². The fourth-order valence-corrected chi connectivity index (χ4v) is 7.76. The third-order valence-electron chi connectivity index (χ3n) is 10.8. The number of halogens is 1. The molecule has 2 fully saturated rings. The van der Waals surface area contributed by atoms with Crippen molar-refractivity contribution in [1.82, 2.24) is 25.2 Å². The number of nitrogens with zero attached hydrogens (tertiary/aromatic N) is 4. The highest BCUT2D eigenvalue weighted by Gasteiger charge is 2.60. The van der Waals surface area contributed by atoms with Gasteiger partial charge in [0.15, 0.2) is 11.4 Å². The van der Waals surface area contributed by atoms with Gasteiger partial charge in [-0.25, -0.2) is 14.0 Å². The number of nitrogens with one attached hydrogen (secondary N) is 1. The van der Waals surface area contributed by atoms with Crippen molar-refractivity contribution in [2.45, 2.75) is 121 Å². The molecule has 12 nitrogen and oxygen atoms in total. The van der Waals surface area contributed by atoms with Crippen molar-refractivity contribution in [3.63, 3.8) is 0 Å². The van der Waals surface area contributed by atoms with E-state index in [2.05, 4.69) is 22.2 Å². The largest absolute Gasteiger partial charge is 0.455 e. The van der Waals surface area contributed by atoms with Crippen molar-refractivity contribution >= 4 is 31.4 Å². The summed E-state index contributed by atoms with van der Waals surface area (Å²) >= 11 is 0. The summed E-state index contributed by atoms with van der Waals surface area (Å²) in [6, 6.07) is 6.47. The third-order valence-corrected chi connectivity index (χ3v) is 10.8. The van der Waals surface area contributed by atoms with Gasteiger partial charge in [-0.2, -0.15) is 0 Å². The number of amides is 1. The Hall–Kier alpha value is -3.78. The fraction of sp³-hybridized carbons (Fsp3) is 0.649. The number of esters is 1. The molecule has 14 heteroatoms. The number of nitrogen functional groups attached to an aromatic ring is 1. The molecule has 4 rings (SSSR count). The van der Waals surface area contributed by atoms with Gasteiger partial charge in [0.05, 0.1) is 25.7 Å². The van der Waals surface area contributed by atoms with Gasteiger partial charge in [-0.05, 0) is 76.9 Å². The van der Waals surface area contributed by atoms with Crippen LogP contribution in [0.5, 0.6) is 0 Å². The quantitative estimate of drug-likeness (QED) is 0.0855. The van der Waals surface area contributed by atoms with Crippen molar-refractivity contribution in [2.75, 3.05) is 25.9 Å². The molecule has 2 aromatic rings. The molecular weight excluding hydrogens is 654 g/mol. The number of aromatic nitrogens is 3. The average molecular weight is 709 g/mol. The van der Waals surface area contributed by atoms with Crippen LogP contribution in [0.4, 0.5) is 14.9 Å². The van der Waals surface area contributed by atoms with Crippen molar-refractivity contribution in [3.8, 4) is 11.3 Å². The van der Waals surface area contributed by atoms with Crippen LogP contribution < -0.4 is 11.1 Å². The minimum atomic E-state index is -3.06. The molecular formula is C37H54BFN6O6. The number of methoxy groups -OCH3 is 1. The Bertz CT molecular complexity index is 1560. The lowest BCUT2D eigenvalue weighted by Gasteiger charge is -2.41. The molecule has 51 heavy (non-hydrogen) atoms. The van der Waals surface area contributed by atoms with Crippen LogP contribution in [0.3, 0.4) is 0 Å². The number of aryl methyl sites for hydroxylation is 1. The summed E-state index contributed by atoms with van der Waals surface area (Å²) < 4.78 is 36.4. The van der Waals surface area contributed by atoms with Gasteiger partial charge in [0.2, 0.25) is 0 Å². The highest BCUT2D eigenvalue weighted by molar-refractivity contribution is 6.17. The van der Waals surface area contributed by atoms with Gasteiger partial charge in [-0.15, -0.1) is 11.7 Å². The third kappa shape index (κ3) is 8.32. The lowest BCUT2D eigenvalue weighted by molar-refractivity contribution is -0.180. The van der Waals surface area contributed by atoms with E-state index in [1.165, 1.54) is 20.1 Å². The van der Waals surface area contributed by atoms with Crippen LogP contribution in [0.25, 0.3) is 11.3 Å².